The van der Waals surface area contributed by atoms with Crippen molar-refractivity contribution in [2.75, 3.05) is 11.9 Å². The number of benzene rings is 3. The predicted octanol–water partition coefficient (Wildman–Crippen LogP) is 5.24. The van der Waals surface area contributed by atoms with Crippen LogP contribution < -0.4 is 5.32 Å². The standard InChI is InChI=1S/C22H23N/c1-18-11-13-20(14-12-18)17-21-9-5-6-10-22(21)23-16-15-19-7-3-2-4-8-19/h2-14,23H,15-17H2,1H3. The number of para-hydroxylation sites is 1. The highest BCUT2D eigenvalue weighted by Crippen LogP contribution is 2.19. The molecule has 0 amide bonds. The van der Waals surface area contributed by atoms with Gasteiger partial charge in [-0.1, -0.05) is 78.4 Å². The highest BCUT2D eigenvalue weighted by molar-refractivity contribution is 5.53. The van der Waals surface area contributed by atoms with Gasteiger partial charge in [0.15, 0.2) is 0 Å². The Labute approximate surface area is 139 Å². The van der Waals surface area contributed by atoms with Gasteiger partial charge in [0.1, 0.15) is 0 Å². The molecule has 0 aliphatic carbocycles. The molecule has 0 aliphatic rings. The smallest absolute Gasteiger partial charge is 0.0376 e. The van der Waals surface area contributed by atoms with Gasteiger partial charge in [-0.25, -0.2) is 0 Å². The first-order chi connectivity index (χ1) is 11.3. The average Bonchev–Trinajstić information content (AvgIpc) is 2.59. The van der Waals surface area contributed by atoms with Crippen molar-refractivity contribution < 1.29 is 0 Å². The second-order valence-corrected chi connectivity index (χ2v) is 5.98. The third-order valence-electron chi connectivity index (χ3n) is 4.10. The molecule has 0 saturated heterocycles. The van der Waals surface area contributed by atoms with Gasteiger partial charge in [0.2, 0.25) is 0 Å². The van der Waals surface area contributed by atoms with E-state index in [1.807, 2.05) is 0 Å². The van der Waals surface area contributed by atoms with Crippen molar-refractivity contribution in [2.24, 2.45) is 0 Å². The van der Waals surface area contributed by atoms with Crippen molar-refractivity contribution in [1.29, 1.82) is 0 Å². The molecular formula is C22H23N. The highest BCUT2D eigenvalue weighted by Gasteiger charge is 2.03. The van der Waals surface area contributed by atoms with E-state index < -0.39 is 0 Å². The summed E-state index contributed by atoms with van der Waals surface area (Å²) < 4.78 is 0. The van der Waals surface area contributed by atoms with Crippen molar-refractivity contribution in [3.05, 3.63) is 101 Å². The fourth-order valence-electron chi connectivity index (χ4n) is 2.76. The molecule has 0 aromatic heterocycles. The quantitative estimate of drug-likeness (QED) is 0.656. The van der Waals surface area contributed by atoms with Crippen LogP contribution in [0.2, 0.25) is 0 Å². The fourth-order valence-corrected chi connectivity index (χ4v) is 2.76. The van der Waals surface area contributed by atoms with E-state index in [1.54, 1.807) is 0 Å². The molecule has 3 aromatic carbocycles. The SMILES string of the molecule is Cc1ccc(Cc2ccccc2NCCc2ccccc2)cc1. The molecular weight excluding hydrogens is 278 g/mol. The summed E-state index contributed by atoms with van der Waals surface area (Å²) in [5, 5.41) is 3.59. The first-order valence-corrected chi connectivity index (χ1v) is 8.22. The fraction of sp³-hybridized carbons (Fsp3) is 0.182. The third kappa shape index (κ3) is 4.46. The molecule has 0 aliphatic heterocycles. The molecule has 0 unspecified atom stereocenters. The van der Waals surface area contributed by atoms with Crippen LogP contribution in [-0.2, 0) is 12.8 Å². The molecule has 116 valence electrons. The minimum atomic E-state index is 0.953. The molecule has 3 aromatic rings. The minimum Gasteiger partial charge on any atom is -0.384 e. The molecule has 0 fully saturated rings. The summed E-state index contributed by atoms with van der Waals surface area (Å²) in [6.07, 6.45) is 2.01. The lowest BCUT2D eigenvalue weighted by Crippen LogP contribution is -2.07. The third-order valence-corrected chi connectivity index (χ3v) is 4.10. The predicted molar refractivity (Wildman–Crippen MR) is 99.1 cm³/mol. The second-order valence-electron chi connectivity index (χ2n) is 5.98. The van der Waals surface area contributed by atoms with Gasteiger partial charge < -0.3 is 5.32 Å². The van der Waals surface area contributed by atoms with E-state index in [0.717, 1.165) is 19.4 Å². The van der Waals surface area contributed by atoms with E-state index in [4.69, 9.17) is 0 Å². The number of rotatable bonds is 6. The number of nitrogens with one attached hydrogen (secondary N) is 1. The molecule has 1 heteroatoms. The van der Waals surface area contributed by atoms with E-state index in [2.05, 4.69) is 91.1 Å². The van der Waals surface area contributed by atoms with Crippen LogP contribution in [0.25, 0.3) is 0 Å². The molecule has 0 spiro atoms. The zero-order chi connectivity index (χ0) is 15.9. The van der Waals surface area contributed by atoms with Gasteiger partial charge in [0.25, 0.3) is 0 Å². The Balaban J connectivity index is 1.64. The maximum Gasteiger partial charge on any atom is 0.0376 e. The normalized spacial score (nSPS) is 10.5. The Kier molecular flexibility index (Phi) is 5.10. The number of aryl methyl sites for hydroxylation is 1. The lowest BCUT2D eigenvalue weighted by atomic mass is 10.0. The van der Waals surface area contributed by atoms with Crippen LogP contribution in [0.1, 0.15) is 22.3 Å². The van der Waals surface area contributed by atoms with Gasteiger partial charge in [0.05, 0.1) is 0 Å². The molecule has 0 saturated carbocycles. The summed E-state index contributed by atoms with van der Waals surface area (Å²) >= 11 is 0. The molecule has 0 heterocycles. The Morgan fingerprint density at radius 1 is 0.696 bits per heavy atom. The van der Waals surface area contributed by atoms with E-state index in [-0.39, 0.29) is 0 Å². The molecule has 0 radical (unpaired) electrons. The van der Waals surface area contributed by atoms with E-state index in [0.29, 0.717) is 0 Å². The van der Waals surface area contributed by atoms with Crippen molar-refractivity contribution >= 4 is 5.69 Å². The highest BCUT2D eigenvalue weighted by atomic mass is 14.9. The first kappa shape index (κ1) is 15.4. The Bertz CT molecular complexity index is 729. The van der Waals surface area contributed by atoms with Gasteiger partial charge in [-0.3, -0.25) is 0 Å². The summed E-state index contributed by atoms with van der Waals surface area (Å²) in [5.41, 5.74) is 6.63. The van der Waals surface area contributed by atoms with Gasteiger partial charge in [-0.2, -0.15) is 0 Å². The van der Waals surface area contributed by atoms with E-state index in [1.165, 1.54) is 27.9 Å². The van der Waals surface area contributed by atoms with Crippen LogP contribution in [0.4, 0.5) is 5.69 Å². The first-order valence-electron chi connectivity index (χ1n) is 8.22. The summed E-state index contributed by atoms with van der Waals surface area (Å²) in [6, 6.07) is 28.0. The van der Waals surface area contributed by atoms with Crippen molar-refractivity contribution in [2.45, 2.75) is 19.8 Å². The molecule has 0 atom stereocenters. The molecule has 3 rings (SSSR count). The van der Waals surface area contributed by atoms with E-state index >= 15 is 0 Å². The summed E-state index contributed by atoms with van der Waals surface area (Å²) in [6.45, 7) is 3.08. The van der Waals surface area contributed by atoms with Gasteiger partial charge in [-0.05, 0) is 42.5 Å². The van der Waals surface area contributed by atoms with Crippen LogP contribution in [0.3, 0.4) is 0 Å². The van der Waals surface area contributed by atoms with E-state index in [9.17, 15) is 0 Å². The second kappa shape index (κ2) is 7.64. The Morgan fingerprint density at radius 3 is 2.17 bits per heavy atom. The Hall–Kier alpha value is -2.54. The van der Waals surface area contributed by atoms with Crippen LogP contribution in [0, 0.1) is 6.92 Å². The maximum atomic E-state index is 3.59. The van der Waals surface area contributed by atoms with Crippen molar-refractivity contribution in [1.82, 2.24) is 0 Å². The van der Waals surface area contributed by atoms with Crippen molar-refractivity contribution in [3.8, 4) is 0 Å². The zero-order valence-electron chi connectivity index (χ0n) is 13.6. The number of hydrogen-bond donors (Lipinski definition) is 1. The Morgan fingerprint density at radius 2 is 1.39 bits per heavy atom. The van der Waals surface area contributed by atoms with Gasteiger partial charge in [0, 0.05) is 12.2 Å². The molecule has 1 N–H and O–H groups in total. The summed E-state index contributed by atoms with van der Waals surface area (Å²) in [7, 11) is 0. The number of hydrogen-bond acceptors (Lipinski definition) is 1. The average molecular weight is 301 g/mol. The zero-order valence-corrected chi connectivity index (χ0v) is 13.6. The molecule has 0 bridgehead atoms. The lowest BCUT2D eigenvalue weighted by Gasteiger charge is -2.12. The molecule has 23 heavy (non-hydrogen) atoms. The van der Waals surface area contributed by atoms with Gasteiger partial charge >= 0.3 is 0 Å². The molecule has 1 nitrogen and oxygen atoms in total. The van der Waals surface area contributed by atoms with Crippen molar-refractivity contribution in [3.63, 3.8) is 0 Å². The summed E-state index contributed by atoms with van der Waals surface area (Å²) in [5.74, 6) is 0. The van der Waals surface area contributed by atoms with Crippen LogP contribution in [0.15, 0.2) is 78.9 Å². The minimum absolute atomic E-state index is 0.953. The van der Waals surface area contributed by atoms with Crippen LogP contribution in [0.5, 0.6) is 0 Å². The largest absolute Gasteiger partial charge is 0.384 e. The van der Waals surface area contributed by atoms with Crippen LogP contribution >= 0.6 is 0 Å². The topological polar surface area (TPSA) is 12.0 Å². The number of anilines is 1. The lowest BCUT2D eigenvalue weighted by molar-refractivity contribution is 1.01. The monoisotopic (exact) mass is 301 g/mol. The maximum absolute atomic E-state index is 3.59. The summed E-state index contributed by atoms with van der Waals surface area (Å²) in [4.78, 5) is 0. The van der Waals surface area contributed by atoms with Crippen LogP contribution in [-0.4, -0.2) is 6.54 Å². The van der Waals surface area contributed by atoms with Gasteiger partial charge in [-0.15, -0.1) is 0 Å².